The van der Waals surface area contributed by atoms with E-state index in [1.54, 1.807) is 22.8 Å². The third-order valence-electron chi connectivity index (χ3n) is 3.99. The van der Waals surface area contributed by atoms with Crippen molar-refractivity contribution >= 4 is 22.8 Å². The molecule has 0 atom stereocenters. The number of ketones is 1. The molecule has 0 saturated carbocycles. The number of hydrogen-bond donors (Lipinski definition) is 1. The highest BCUT2D eigenvalue weighted by molar-refractivity contribution is 5.99. The molecule has 0 radical (unpaired) electrons. The Labute approximate surface area is 139 Å². The molecule has 0 fully saturated rings. The van der Waals surface area contributed by atoms with Crippen LogP contribution in [0.15, 0.2) is 42.5 Å². The number of rotatable bonds is 5. The third kappa shape index (κ3) is 2.93. The van der Waals surface area contributed by atoms with Gasteiger partial charge in [0.05, 0.1) is 11.0 Å². The molecule has 1 heterocycles. The van der Waals surface area contributed by atoms with Gasteiger partial charge >= 0.3 is 5.97 Å². The van der Waals surface area contributed by atoms with Gasteiger partial charge in [-0.25, -0.2) is 4.98 Å². The summed E-state index contributed by atoms with van der Waals surface area (Å²) in [6.07, 6.45) is 0.423. The minimum atomic E-state index is -0.934. The highest BCUT2D eigenvalue weighted by atomic mass is 16.4. The summed E-state index contributed by atoms with van der Waals surface area (Å²) in [5.74, 6) is -0.300. The minimum absolute atomic E-state index is 0.0431. The molecule has 0 aliphatic heterocycles. The zero-order chi connectivity index (χ0) is 17.3. The van der Waals surface area contributed by atoms with E-state index in [0.29, 0.717) is 28.8 Å². The number of nitrogens with zero attached hydrogens (tertiary/aromatic N) is 2. The van der Waals surface area contributed by atoms with Crippen LogP contribution in [0, 0.1) is 6.92 Å². The zero-order valence-corrected chi connectivity index (χ0v) is 13.6. The number of fused-ring (bicyclic) bond motifs is 1. The minimum Gasteiger partial charge on any atom is -0.480 e. The van der Waals surface area contributed by atoms with Crippen LogP contribution >= 0.6 is 0 Å². The van der Waals surface area contributed by atoms with Gasteiger partial charge in [0, 0.05) is 17.5 Å². The molecule has 2 aromatic carbocycles. The Kier molecular flexibility index (Phi) is 4.16. The van der Waals surface area contributed by atoms with Gasteiger partial charge in [-0.3, -0.25) is 9.59 Å². The summed E-state index contributed by atoms with van der Waals surface area (Å²) in [7, 11) is 0. The molecule has 0 aliphatic rings. The van der Waals surface area contributed by atoms with E-state index in [0.717, 1.165) is 11.1 Å². The number of imidazole rings is 1. The molecule has 3 aromatic rings. The average Bonchev–Trinajstić information content (AvgIpc) is 2.92. The Morgan fingerprint density at radius 3 is 2.46 bits per heavy atom. The molecule has 0 unspecified atom stereocenters. The summed E-state index contributed by atoms with van der Waals surface area (Å²) >= 11 is 0. The maximum atomic E-state index is 11.9. The topological polar surface area (TPSA) is 72.2 Å². The second kappa shape index (κ2) is 6.28. The van der Waals surface area contributed by atoms with Crippen molar-refractivity contribution in [3.05, 3.63) is 53.6 Å². The fourth-order valence-electron chi connectivity index (χ4n) is 2.73. The molecule has 122 valence electrons. The number of hydrogen-bond acceptors (Lipinski definition) is 3. The first-order valence-electron chi connectivity index (χ1n) is 7.82. The maximum absolute atomic E-state index is 11.9. The van der Waals surface area contributed by atoms with Crippen LogP contribution in [0.25, 0.3) is 22.4 Å². The number of aromatic nitrogens is 2. The van der Waals surface area contributed by atoms with Gasteiger partial charge in [-0.15, -0.1) is 0 Å². The highest BCUT2D eigenvalue weighted by Crippen LogP contribution is 2.26. The first-order valence-corrected chi connectivity index (χ1v) is 7.82. The third-order valence-corrected chi connectivity index (χ3v) is 3.99. The molecule has 1 aromatic heterocycles. The van der Waals surface area contributed by atoms with Gasteiger partial charge in [0.2, 0.25) is 0 Å². The van der Waals surface area contributed by atoms with Gasteiger partial charge in [0.15, 0.2) is 5.78 Å². The summed E-state index contributed by atoms with van der Waals surface area (Å²) in [5, 5.41) is 9.24. The molecule has 0 amide bonds. The summed E-state index contributed by atoms with van der Waals surface area (Å²) in [4.78, 5) is 27.8. The van der Waals surface area contributed by atoms with Crippen molar-refractivity contribution in [1.29, 1.82) is 0 Å². The lowest BCUT2D eigenvalue weighted by molar-refractivity contribution is -0.137. The van der Waals surface area contributed by atoms with Crippen LogP contribution in [0.3, 0.4) is 0 Å². The van der Waals surface area contributed by atoms with Gasteiger partial charge in [0.1, 0.15) is 12.4 Å². The summed E-state index contributed by atoms with van der Waals surface area (Å²) in [6.45, 7) is 3.63. The molecule has 5 heteroatoms. The number of aryl methyl sites for hydroxylation is 1. The fourth-order valence-corrected chi connectivity index (χ4v) is 2.73. The number of carboxylic acid groups (broad SMARTS) is 1. The molecular weight excluding hydrogens is 304 g/mol. The number of carbonyl (C=O) groups excluding carboxylic acids is 1. The van der Waals surface area contributed by atoms with Gasteiger partial charge in [-0.2, -0.15) is 0 Å². The van der Waals surface area contributed by atoms with E-state index in [2.05, 4.69) is 4.98 Å². The lowest BCUT2D eigenvalue weighted by atomic mass is 10.1. The Hall–Kier alpha value is -2.95. The first-order chi connectivity index (χ1) is 11.5. The van der Waals surface area contributed by atoms with Crippen LogP contribution in [0.2, 0.25) is 0 Å². The van der Waals surface area contributed by atoms with E-state index in [1.165, 1.54) is 0 Å². The van der Waals surface area contributed by atoms with Crippen molar-refractivity contribution in [3.63, 3.8) is 0 Å². The first kappa shape index (κ1) is 15.9. The molecule has 5 nitrogen and oxygen atoms in total. The summed E-state index contributed by atoms with van der Waals surface area (Å²) < 4.78 is 1.67. The summed E-state index contributed by atoms with van der Waals surface area (Å²) in [6, 6.07) is 13.0. The normalized spacial score (nSPS) is 10.9. The van der Waals surface area contributed by atoms with E-state index >= 15 is 0 Å². The monoisotopic (exact) mass is 322 g/mol. The Balaban J connectivity index is 2.20. The predicted octanol–water partition coefficient (Wildman–Crippen LogP) is 3.69. The zero-order valence-electron chi connectivity index (χ0n) is 13.6. The van der Waals surface area contributed by atoms with Gasteiger partial charge in [-0.1, -0.05) is 36.8 Å². The second-order valence-electron chi connectivity index (χ2n) is 5.76. The fraction of sp³-hybridized carbons (Fsp3) is 0.211. The number of carbonyl (C=O) groups is 2. The van der Waals surface area contributed by atoms with Crippen molar-refractivity contribution in [3.8, 4) is 11.4 Å². The number of Topliss-reactive ketones (excluding diaryl/α,β-unsaturated/α-hetero) is 1. The van der Waals surface area contributed by atoms with Crippen LogP contribution in [-0.4, -0.2) is 26.4 Å². The molecule has 3 rings (SSSR count). The van der Waals surface area contributed by atoms with Crippen LogP contribution in [-0.2, 0) is 11.3 Å². The van der Waals surface area contributed by atoms with Crippen molar-refractivity contribution in [2.45, 2.75) is 26.8 Å². The number of benzene rings is 2. The Morgan fingerprint density at radius 1 is 1.12 bits per heavy atom. The van der Waals surface area contributed by atoms with Crippen molar-refractivity contribution in [1.82, 2.24) is 9.55 Å². The average molecular weight is 322 g/mol. The molecule has 0 saturated heterocycles. The number of carboxylic acids is 1. The largest absolute Gasteiger partial charge is 0.480 e. The molecular formula is C19H18N2O3. The SMILES string of the molecule is CCC(=O)c1ccc2c(c1)nc(-c1ccc(C)cc1)n2CC(=O)O. The molecule has 24 heavy (non-hydrogen) atoms. The smallest absolute Gasteiger partial charge is 0.323 e. The number of aliphatic carboxylic acids is 1. The van der Waals surface area contributed by atoms with E-state index in [4.69, 9.17) is 0 Å². The maximum Gasteiger partial charge on any atom is 0.323 e. The van der Waals surface area contributed by atoms with Crippen molar-refractivity contribution in [2.24, 2.45) is 0 Å². The van der Waals surface area contributed by atoms with E-state index in [9.17, 15) is 14.7 Å². The predicted molar refractivity (Wildman–Crippen MR) is 92.2 cm³/mol. The van der Waals surface area contributed by atoms with Gasteiger partial charge in [-0.05, 0) is 25.1 Å². The van der Waals surface area contributed by atoms with Gasteiger partial charge in [0.25, 0.3) is 0 Å². The van der Waals surface area contributed by atoms with E-state index in [1.807, 2.05) is 38.1 Å². The Morgan fingerprint density at radius 2 is 1.83 bits per heavy atom. The van der Waals surface area contributed by atoms with Gasteiger partial charge < -0.3 is 9.67 Å². The van der Waals surface area contributed by atoms with Crippen molar-refractivity contribution in [2.75, 3.05) is 0 Å². The van der Waals surface area contributed by atoms with Crippen molar-refractivity contribution < 1.29 is 14.7 Å². The Bertz CT molecular complexity index is 924. The van der Waals surface area contributed by atoms with Crippen LogP contribution in [0.1, 0.15) is 29.3 Å². The van der Waals surface area contributed by atoms with Crippen LogP contribution in [0.4, 0.5) is 0 Å². The van der Waals surface area contributed by atoms with Crippen LogP contribution in [0.5, 0.6) is 0 Å². The summed E-state index contributed by atoms with van der Waals surface area (Å²) in [5.41, 5.74) is 3.91. The van der Waals surface area contributed by atoms with E-state index in [-0.39, 0.29) is 12.3 Å². The standard InChI is InChI=1S/C19H18N2O3/c1-3-17(22)14-8-9-16-15(10-14)20-19(21(16)11-18(23)24)13-6-4-12(2)5-7-13/h4-10H,3,11H2,1-2H3,(H,23,24). The highest BCUT2D eigenvalue weighted by Gasteiger charge is 2.16. The quantitative estimate of drug-likeness (QED) is 0.727. The molecule has 0 spiro atoms. The molecule has 1 N–H and O–H groups in total. The van der Waals surface area contributed by atoms with E-state index < -0.39 is 5.97 Å². The molecule has 0 bridgehead atoms. The van der Waals surface area contributed by atoms with Crippen LogP contribution < -0.4 is 0 Å². The lowest BCUT2D eigenvalue weighted by Crippen LogP contribution is -2.10. The lowest BCUT2D eigenvalue weighted by Gasteiger charge is -2.07. The molecule has 0 aliphatic carbocycles. The second-order valence-corrected chi connectivity index (χ2v) is 5.76.